The van der Waals surface area contributed by atoms with E-state index in [9.17, 15) is 0 Å². The Bertz CT molecular complexity index is 636. The highest BCUT2D eigenvalue weighted by atomic mass is 32.1. The van der Waals surface area contributed by atoms with E-state index in [2.05, 4.69) is 46.3 Å². The van der Waals surface area contributed by atoms with Gasteiger partial charge in [-0.15, -0.1) is 0 Å². The third-order valence-electron chi connectivity index (χ3n) is 4.01. The fraction of sp³-hybridized carbons (Fsp3) is 0.375. The third kappa shape index (κ3) is 3.17. The van der Waals surface area contributed by atoms with Crippen molar-refractivity contribution in [3.63, 3.8) is 0 Å². The van der Waals surface area contributed by atoms with E-state index in [1.807, 2.05) is 0 Å². The molecular formula is C16H18N4S. The van der Waals surface area contributed by atoms with E-state index in [4.69, 9.17) is 11.0 Å². The predicted molar refractivity (Wildman–Crippen MR) is 86.3 cm³/mol. The van der Waals surface area contributed by atoms with Crippen LogP contribution in [-0.4, -0.2) is 18.1 Å². The molecule has 1 saturated heterocycles. The van der Waals surface area contributed by atoms with Crippen LogP contribution in [0.1, 0.15) is 23.3 Å². The molecule has 0 amide bonds. The molecule has 5 heteroatoms. The van der Waals surface area contributed by atoms with Gasteiger partial charge in [0.1, 0.15) is 6.07 Å². The molecule has 1 aromatic heterocycles. The summed E-state index contributed by atoms with van der Waals surface area (Å²) in [6, 6.07) is 12.8. The first-order valence-electron chi connectivity index (χ1n) is 7.21. The molecule has 21 heavy (non-hydrogen) atoms. The smallest absolute Gasteiger partial charge is 0.183 e. The van der Waals surface area contributed by atoms with Crippen LogP contribution in [0.2, 0.25) is 0 Å². The van der Waals surface area contributed by atoms with Crippen molar-refractivity contribution >= 4 is 22.3 Å². The van der Waals surface area contributed by atoms with E-state index >= 15 is 0 Å². The Morgan fingerprint density at radius 3 is 2.67 bits per heavy atom. The molecule has 0 spiro atoms. The summed E-state index contributed by atoms with van der Waals surface area (Å²) < 4.78 is 0. The Kier molecular flexibility index (Phi) is 4.07. The summed E-state index contributed by atoms with van der Waals surface area (Å²) in [5.74, 6) is 1.49. The zero-order valence-electron chi connectivity index (χ0n) is 11.8. The summed E-state index contributed by atoms with van der Waals surface area (Å²) in [4.78, 5) is 7.15. The number of nitrogens with zero attached hydrogens (tertiary/aromatic N) is 3. The number of nitrogens with two attached hydrogens (primary N) is 1. The molecule has 0 bridgehead atoms. The monoisotopic (exact) mass is 298 g/mol. The molecule has 0 unspecified atom stereocenters. The summed E-state index contributed by atoms with van der Waals surface area (Å²) >= 11 is 1.28. The summed E-state index contributed by atoms with van der Waals surface area (Å²) in [5, 5.41) is 9.63. The van der Waals surface area contributed by atoms with Gasteiger partial charge >= 0.3 is 0 Å². The third-order valence-corrected chi connectivity index (χ3v) is 4.79. The summed E-state index contributed by atoms with van der Waals surface area (Å²) in [6.45, 7) is 1.91. The zero-order chi connectivity index (χ0) is 14.7. The fourth-order valence-corrected chi connectivity index (χ4v) is 3.56. The topological polar surface area (TPSA) is 65.9 Å². The van der Waals surface area contributed by atoms with E-state index in [1.54, 1.807) is 0 Å². The molecule has 1 fully saturated rings. The predicted octanol–water partition coefficient (Wildman–Crippen LogP) is 3.06. The number of rotatable bonds is 3. The number of benzene rings is 1. The van der Waals surface area contributed by atoms with Crippen molar-refractivity contribution in [2.75, 3.05) is 23.7 Å². The Balaban J connectivity index is 1.61. The molecule has 2 heterocycles. The molecule has 0 saturated carbocycles. The van der Waals surface area contributed by atoms with Gasteiger partial charge in [-0.05, 0) is 30.7 Å². The quantitative estimate of drug-likeness (QED) is 0.945. The normalized spacial score (nSPS) is 15.9. The van der Waals surface area contributed by atoms with Gasteiger partial charge in [0.25, 0.3) is 0 Å². The minimum Gasteiger partial charge on any atom is -0.375 e. The van der Waals surface area contributed by atoms with E-state index in [0.717, 1.165) is 38.2 Å². The summed E-state index contributed by atoms with van der Waals surface area (Å²) in [7, 11) is 0. The number of piperidine rings is 1. The van der Waals surface area contributed by atoms with Crippen LogP contribution in [0.5, 0.6) is 0 Å². The Morgan fingerprint density at radius 1 is 1.29 bits per heavy atom. The van der Waals surface area contributed by atoms with Gasteiger partial charge in [0, 0.05) is 13.1 Å². The van der Waals surface area contributed by atoms with Gasteiger partial charge in [-0.2, -0.15) is 5.26 Å². The van der Waals surface area contributed by atoms with Gasteiger partial charge in [-0.3, -0.25) is 0 Å². The van der Waals surface area contributed by atoms with Crippen LogP contribution < -0.4 is 10.6 Å². The number of hydrogen-bond donors (Lipinski definition) is 1. The first-order chi connectivity index (χ1) is 10.3. The SMILES string of the molecule is N#Cc1sc(N)nc1N1CCC(Cc2ccccc2)CC1. The number of aromatic nitrogens is 1. The molecule has 0 atom stereocenters. The molecule has 0 aliphatic carbocycles. The number of nitriles is 1. The highest BCUT2D eigenvalue weighted by molar-refractivity contribution is 7.16. The summed E-state index contributed by atoms with van der Waals surface area (Å²) in [5.41, 5.74) is 7.13. The fourth-order valence-electron chi connectivity index (χ4n) is 2.91. The molecule has 3 rings (SSSR count). The first-order valence-corrected chi connectivity index (χ1v) is 8.03. The lowest BCUT2D eigenvalue weighted by atomic mass is 9.90. The largest absolute Gasteiger partial charge is 0.375 e. The second kappa shape index (κ2) is 6.15. The Morgan fingerprint density at radius 2 is 2.00 bits per heavy atom. The van der Waals surface area contributed by atoms with E-state index in [-0.39, 0.29) is 0 Å². The molecule has 1 aromatic carbocycles. The molecule has 0 radical (unpaired) electrons. The Labute approximate surface area is 128 Å². The van der Waals surface area contributed by atoms with Gasteiger partial charge in [0.2, 0.25) is 0 Å². The highest BCUT2D eigenvalue weighted by Crippen LogP contribution is 2.31. The number of nitrogen functional groups attached to an aromatic ring is 1. The van der Waals surface area contributed by atoms with Crippen molar-refractivity contribution in [3.05, 3.63) is 40.8 Å². The molecular weight excluding hydrogens is 280 g/mol. The van der Waals surface area contributed by atoms with Crippen molar-refractivity contribution in [1.29, 1.82) is 5.26 Å². The van der Waals surface area contributed by atoms with Crippen molar-refractivity contribution < 1.29 is 0 Å². The van der Waals surface area contributed by atoms with E-state index < -0.39 is 0 Å². The molecule has 108 valence electrons. The van der Waals surface area contributed by atoms with Crippen LogP contribution in [0.3, 0.4) is 0 Å². The van der Waals surface area contributed by atoms with Crippen LogP contribution in [-0.2, 0) is 6.42 Å². The Hall–Kier alpha value is -2.06. The lowest BCUT2D eigenvalue weighted by Crippen LogP contribution is -2.34. The molecule has 2 N–H and O–H groups in total. The maximum atomic E-state index is 9.15. The van der Waals surface area contributed by atoms with Crippen LogP contribution in [0, 0.1) is 17.2 Å². The standard InChI is InChI=1S/C16H18N4S/c17-11-14-15(19-16(18)21-14)20-8-6-13(7-9-20)10-12-4-2-1-3-5-12/h1-5,13H,6-10H2,(H2,18,19). The maximum absolute atomic E-state index is 9.15. The molecule has 1 aliphatic heterocycles. The highest BCUT2D eigenvalue weighted by Gasteiger charge is 2.23. The number of thiazole rings is 1. The second-order valence-corrected chi connectivity index (χ2v) is 6.47. The second-order valence-electron chi connectivity index (χ2n) is 5.44. The number of anilines is 2. The van der Waals surface area contributed by atoms with Crippen LogP contribution >= 0.6 is 11.3 Å². The zero-order valence-corrected chi connectivity index (χ0v) is 12.6. The van der Waals surface area contributed by atoms with Gasteiger partial charge in [-0.25, -0.2) is 4.98 Å². The van der Waals surface area contributed by atoms with Crippen molar-refractivity contribution in [2.24, 2.45) is 5.92 Å². The van der Waals surface area contributed by atoms with Crippen molar-refractivity contribution in [2.45, 2.75) is 19.3 Å². The maximum Gasteiger partial charge on any atom is 0.183 e. The average Bonchev–Trinajstić information content (AvgIpc) is 2.90. The molecule has 1 aliphatic rings. The van der Waals surface area contributed by atoms with Gasteiger partial charge in [0.05, 0.1) is 0 Å². The lowest BCUT2D eigenvalue weighted by Gasteiger charge is -2.32. The minimum absolute atomic E-state index is 0.480. The first kappa shape index (κ1) is 13.9. The van der Waals surface area contributed by atoms with Crippen LogP contribution in [0.4, 0.5) is 10.9 Å². The average molecular weight is 298 g/mol. The molecule has 4 nitrogen and oxygen atoms in total. The van der Waals surface area contributed by atoms with Gasteiger partial charge in [-0.1, -0.05) is 41.7 Å². The van der Waals surface area contributed by atoms with E-state index in [1.165, 1.54) is 16.9 Å². The lowest BCUT2D eigenvalue weighted by molar-refractivity contribution is 0.402. The minimum atomic E-state index is 0.480. The summed E-state index contributed by atoms with van der Waals surface area (Å²) in [6.07, 6.45) is 3.41. The van der Waals surface area contributed by atoms with Gasteiger partial charge < -0.3 is 10.6 Å². The van der Waals surface area contributed by atoms with Crippen molar-refractivity contribution in [3.8, 4) is 6.07 Å². The van der Waals surface area contributed by atoms with Gasteiger partial charge in [0.15, 0.2) is 15.8 Å². The van der Waals surface area contributed by atoms with Crippen LogP contribution in [0.25, 0.3) is 0 Å². The van der Waals surface area contributed by atoms with Crippen molar-refractivity contribution in [1.82, 2.24) is 4.98 Å². The molecule has 2 aromatic rings. The van der Waals surface area contributed by atoms with E-state index in [0.29, 0.717) is 15.9 Å². The number of hydrogen-bond acceptors (Lipinski definition) is 5. The van der Waals surface area contributed by atoms with Crippen LogP contribution in [0.15, 0.2) is 30.3 Å².